The zero-order chi connectivity index (χ0) is 14.0. The molecule has 1 heterocycles. The molecule has 1 aromatic carbocycles. The Morgan fingerprint density at radius 2 is 2.16 bits per heavy atom. The molecule has 0 amide bonds. The summed E-state index contributed by atoms with van der Waals surface area (Å²) in [4.78, 5) is 10.4. The van der Waals surface area contributed by atoms with Crippen LogP contribution in [0.4, 0.5) is 10.1 Å². The molecule has 1 N–H and O–H groups in total. The quantitative estimate of drug-likeness (QED) is 0.853. The van der Waals surface area contributed by atoms with Crippen molar-refractivity contribution in [3.05, 3.63) is 35.7 Å². The van der Waals surface area contributed by atoms with Crippen LogP contribution in [0.25, 0.3) is 6.08 Å². The number of carboxylic acids is 1. The minimum absolute atomic E-state index is 0.00461. The van der Waals surface area contributed by atoms with Crippen LogP contribution >= 0.6 is 0 Å². The zero-order valence-corrected chi connectivity index (χ0v) is 10.7. The molecular weight excluding hydrogens is 273 g/mol. The molecule has 0 bridgehead atoms. The number of carbonyl (C=O) groups is 1. The first-order valence-electron chi connectivity index (χ1n) is 5.61. The van der Waals surface area contributed by atoms with E-state index in [9.17, 15) is 17.6 Å². The van der Waals surface area contributed by atoms with E-state index in [0.29, 0.717) is 12.0 Å². The van der Waals surface area contributed by atoms with Gasteiger partial charge in [0.25, 0.3) is 0 Å². The molecule has 0 radical (unpaired) electrons. The summed E-state index contributed by atoms with van der Waals surface area (Å²) in [6.45, 7) is 0.267. The van der Waals surface area contributed by atoms with Gasteiger partial charge in [0.1, 0.15) is 5.82 Å². The lowest BCUT2D eigenvalue weighted by molar-refractivity contribution is -0.131. The normalized spacial score (nSPS) is 18.1. The lowest BCUT2D eigenvalue weighted by atomic mass is 10.2. The van der Waals surface area contributed by atoms with Gasteiger partial charge in [-0.15, -0.1) is 0 Å². The second kappa shape index (κ2) is 5.00. The number of hydrogen-bond donors (Lipinski definition) is 1. The number of anilines is 1. The van der Waals surface area contributed by atoms with Crippen LogP contribution in [-0.4, -0.2) is 31.8 Å². The molecule has 7 heteroatoms. The van der Waals surface area contributed by atoms with E-state index in [0.717, 1.165) is 16.4 Å². The van der Waals surface area contributed by atoms with Gasteiger partial charge < -0.3 is 5.11 Å². The van der Waals surface area contributed by atoms with Crippen LogP contribution in [0.3, 0.4) is 0 Å². The van der Waals surface area contributed by atoms with Crippen molar-refractivity contribution in [2.75, 3.05) is 16.6 Å². The summed E-state index contributed by atoms with van der Waals surface area (Å²) in [6.07, 6.45) is 2.61. The van der Waals surface area contributed by atoms with Crippen LogP contribution in [0.2, 0.25) is 0 Å². The van der Waals surface area contributed by atoms with E-state index in [1.165, 1.54) is 18.2 Å². The zero-order valence-electron chi connectivity index (χ0n) is 9.91. The van der Waals surface area contributed by atoms with Gasteiger partial charge in [0.15, 0.2) is 0 Å². The summed E-state index contributed by atoms with van der Waals surface area (Å²) in [6, 6.07) is 3.94. The van der Waals surface area contributed by atoms with Crippen molar-refractivity contribution in [2.45, 2.75) is 6.42 Å². The fraction of sp³-hybridized carbons (Fsp3) is 0.250. The Morgan fingerprint density at radius 1 is 1.42 bits per heavy atom. The van der Waals surface area contributed by atoms with E-state index in [1.807, 2.05) is 0 Å². The molecule has 5 nitrogen and oxygen atoms in total. The smallest absolute Gasteiger partial charge is 0.328 e. The maximum atomic E-state index is 13.9. The molecule has 1 aromatic rings. The second-order valence-corrected chi connectivity index (χ2v) is 6.14. The van der Waals surface area contributed by atoms with Crippen LogP contribution in [-0.2, 0) is 14.8 Å². The minimum atomic E-state index is -3.42. The van der Waals surface area contributed by atoms with Gasteiger partial charge in [0.2, 0.25) is 10.0 Å². The van der Waals surface area contributed by atoms with Gasteiger partial charge >= 0.3 is 5.97 Å². The van der Waals surface area contributed by atoms with Crippen molar-refractivity contribution in [3.63, 3.8) is 0 Å². The third-order valence-electron chi connectivity index (χ3n) is 2.76. The second-order valence-electron chi connectivity index (χ2n) is 4.12. The van der Waals surface area contributed by atoms with Crippen LogP contribution in [0.1, 0.15) is 12.0 Å². The van der Waals surface area contributed by atoms with Crippen LogP contribution < -0.4 is 4.31 Å². The number of sulfonamides is 1. The molecule has 102 valence electrons. The number of aliphatic carboxylic acids is 1. The number of rotatable bonds is 3. The Kier molecular flexibility index (Phi) is 3.57. The Balaban J connectivity index is 2.32. The number of carboxylic acid groups (broad SMARTS) is 1. The van der Waals surface area contributed by atoms with Crippen LogP contribution in [0.15, 0.2) is 24.3 Å². The Hall–Kier alpha value is -1.89. The highest BCUT2D eigenvalue weighted by molar-refractivity contribution is 7.93. The van der Waals surface area contributed by atoms with Gasteiger partial charge in [-0.25, -0.2) is 17.6 Å². The van der Waals surface area contributed by atoms with Gasteiger partial charge in [-0.2, -0.15) is 0 Å². The van der Waals surface area contributed by atoms with E-state index < -0.39 is 21.8 Å². The summed E-state index contributed by atoms with van der Waals surface area (Å²) in [5.41, 5.74) is 0.366. The predicted octanol–water partition coefficient (Wildman–Crippen LogP) is 1.46. The highest BCUT2D eigenvalue weighted by Gasteiger charge is 2.30. The van der Waals surface area contributed by atoms with Crippen molar-refractivity contribution in [1.82, 2.24) is 0 Å². The molecule has 0 aliphatic carbocycles. The maximum Gasteiger partial charge on any atom is 0.328 e. The lowest BCUT2D eigenvalue weighted by Gasteiger charge is -2.17. The molecule has 2 rings (SSSR count). The third kappa shape index (κ3) is 2.93. The average Bonchev–Trinajstić information content (AvgIpc) is 2.66. The molecule has 0 atom stereocenters. The predicted molar refractivity (Wildman–Crippen MR) is 68.8 cm³/mol. The van der Waals surface area contributed by atoms with E-state index in [4.69, 9.17) is 5.11 Å². The lowest BCUT2D eigenvalue weighted by Crippen LogP contribution is -2.26. The topological polar surface area (TPSA) is 74.7 Å². The Morgan fingerprint density at radius 3 is 2.68 bits per heavy atom. The summed E-state index contributed by atoms with van der Waals surface area (Å²) in [5.74, 6) is -1.79. The van der Waals surface area contributed by atoms with Crippen molar-refractivity contribution < 1.29 is 22.7 Å². The summed E-state index contributed by atoms with van der Waals surface area (Å²) >= 11 is 0. The van der Waals surface area contributed by atoms with Crippen LogP contribution in [0.5, 0.6) is 0 Å². The maximum absolute atomic E-state index is 13.9. The van der Waals surface area contributed by atoms with Gasteiger partial charge in [-0.1, -0.05) is 6.07 Å². The summed E-state index contributed by atoms with van der Waals surface area (Å²) < 4.78 is 38.3. The number of halogens is 1. The van der Waals surface area contributed by atoms with E-state index in [1.54, 1.807) is 0 Å². The molecular formula is C12H12FNO4S. The Labute approximate surface area is 110 Å². The molecule has 19 heavy (non-hydrogen) atoms. The van der Waals surface area contributed by atoms with Crippen molar-refractivity contribution in [3.8, 4) is 0 Å². The number of benzene rings is 1. The van der Waals surface area contributed by atoms with Crippen molar-refractivity contribution in [1.29, 1.82) is 0 Å². The van der Waals surface area contributed by atoms with Crippen molar-refractivity contribution in [2.24, 2.45) is 0 Å². The highest BCUT2D eigenvalue weighted by Crippen LogP contribution is 2.27. The monoisotopic (exact) mass is 285 g/mol. The number of nitrogens with zero attached hydrogens (tertiary/aromatic N) is 1. The van der Waals surface area contributed by atoms with Gasteiger partial charge in [0, 0.05) is 12.6 Å². The molecule has 1 fully saturated rings. The molecule has 1 saturated heterocycles. The fourth-order valence-electron chi connectivity index (χ4n) is 1.91. The highest BCUT2D eigenvalue weighted by atomic mass is 32.2. The summed E-state index contributed by atoms with van der Waals surface area (Å²) in [7, 11) is -3.42. The number of hydrogen-bond acceptors (Lipinski definition) is 3. The van der Waals surface area contributed by atoms with E-state index in [-0.39, 0.29) is 18.0 Å². The molecule has 0 saturated carbocycles. The SMILES string of the molecule is O=C(O)/C=C/c1ccc(N2CCCS2(=O)=O)c(F)c1. The van der Waals surface area contributed by atoms with Crippen LogP contribution in [0, 0.1) is 5.82 Å². The molecule has 0 aromatic heterocycles. The first-order valence-corrected chi connectivity index (χ1v) is 7.22. The third-order valence-corrected chi connectivity index (χ3v) is 4.61. The fourth-order valence-corrected chi connectivity index (χ4v) is 3.48. The first kappa shape index (κ1) is 13.5. The molecule has 1 aliphatic rings. The molecule has 0 unspecified atom stereocenters. The van der Waals surface area contributed by atoms with Gasteiger partial charge in [0.05, 0.1) is 11.4 Å². The van der Waals surface area contributed by atoms with E-state index >= 15 is 0 Å². The Bertz CT molecular complexity index is 639. The summed E-state index contributed by atoms with van der Waals surface area (Å²) in [5, 5.41) is 8.47. The van der Waals surface area contributed by atoms with E-state index in [2.05, 4.69) is 0 Å². The van der Waals surface area contributed by atoms with Gasteiger partial charge in [-0.3, -0.25) is 4.31 Å². The molecule has 1 aliphatic heterocycles. The first-order chi connectivity index (χ1) is 8.90. The van der Waals surface area contributed by atoms with Gasteiger partial charge in [-0.05, 0) is 30.2 Å². The molecule has 0 spiro atoms. The standard InChI is InChI=1S/C12H12FNO4S/c13-10-8-9(3-5-12(15)16)2-4-11(10)14-6-1-7-19(14,17)18/h2-5,8H,1,6-7H2,(H,15,16)/b5-3+. The largest absolute Gasteiger partial charge is 0.478 e. The van der Waals surface area contributed by atoms with Crippen molar-refractivity contribution >= 4 is 27.8 Å². The average molecular weight is 285 g/mol. The minimum Gasteiger partial charge on any atom is -0.478 e.